The van der Waals surface area contributed by atoms with Crippen LogP contribution in [0.4, 0.5) is 10.1 Å². The topological polar surface area (TPSA) is 40.6 Å². The lowest BCUT2D eigenvalue weighted by molar-refractivity contribution is -0.132. The van der Waals surface area contributed by atoms with Gasteiger partial charge >= 0.3 is 0 Å². The lowest BCUT2D eigenvalue weighted by Gasteiger charge is -2.24. The van der Waals surface area contributed by atoms with E-state index in [1.165, 1.54) is 12.1 Å². The van der Waals surface area contributed by atoms with E-state index in [2.05, 4.69) is 0 Å². The van der Waals surface area contributed by atoms with E-state index in [-0.39, 0.29) is 29.0 Å². The van der Waals surface area contributed by atoms with Crippen molar-refractivity contribution in [2.75, 3.05) is 24.5 Å². The Bertz CT molecular complexity index is 626. The number of halogens is 1. The van der Waals surface area contributed by atoms with Gasteiger partial charge in [0.05, 0.1) is 0 Å². The fraction of sp³-hybridized carbons (Fsp3) is 0.529. The summed E-state index contributed by atoms with van der Waals surface area (Å²) < 4.78 is 13.0. The monoisotopic (exact) mass is 302 g/mol. The van der Waals surface area contributed by atoms with Crippen molar-refractivity contribution < 1.29 is 14.0 Å². The van der Waals surface area contributed by atoms with Crippen molar-refractivity contribution in [3.63, 3.8) is 0 Å². The predicted octanol–water partition coefficient (Wildman–Crippen LogP) is 2.19. The van der Waals surface area contributed by atoms with Crippen LogP contribution in [0.25, 0.3) is 0 Å². The van der Waals surface area contributed by atoms with Crippen LogP contribution in [0.1, 0.15) is 25.7 Å². The fourth-order valence-corrected chi connectivity index (χ4v) is 3.74. The second kappa shape index (κ2) is 4.80. The molecule has 4 rings (SSSR count). The van der Waals surface area contributed by atoms with E-state index in [0.29, 0.717) is 19.5 Å². The van der Waals surface area contributed by atoms with Gasteiger partial charge in [0.1, 0.15) is 5.82 Å². The van der Waals surface area contributed by atoms with E-state index in [1.807, 2.05) is 4.90 Å². The second-order valence-electron chi connectivity index (χ2n) is 6.92. The van der Waals surface area contributed by atoms with Gasteiger partial charge < -0.3 is 9.80 Å². The Balaban J connectivity index is 1.50. The molecule has 4 nitrogen and oxygen atoms in total. The molecular weight excluding hydrogens is 283 g/mol. The molecule has 1 saturated carbocycles. The minimum atomic E-state index is -0.299. The molecule has 5 heteroatoms. The maximum Gasteiger partial charge on any atom is 0.227 e. The molecule has 2 amide bonds. The lowest BCUT2D eigenvalue weighted by Crippen LogP contribution is -2.34. The van der Waals surface area contributed by atoms with E-state index in [9.17, 15) is 14.0 Å². The van der Waals surface area contributed by atoms with Gasteiger partial charge in [-0.1, -0.05) is 0 Å². The van der Waals surface area contributed by atoms with Crippen LogP contribution in [-0.2, 0) is 9.59 Å². The molecule has 2 heterocycles. The number of benzene rings is 1. The Morgan fingerprint density at radius 2 is 1.91 bits per heavy atom. The molecule has 2 aliphatic heterocycles. The first-order valence-corrected chi connectivity index (χ1v) is 7.91. The molecule has 3 aliphatic rings. The zero-order valence-electron chi connectivity index (χ0n) is 12.4. The Labute approximate surface area is 128 Å². The number of hydrogen-bond acceptors (Lipinski definition) is 2. The third-order valence-electron chi connectivity index (χ3n) is 5.14. The van der Waals surface area contributed by atoms with Crippen LogP contribution in [-0.4, -0.2) is 36.3 Å². The quantitative estimate of drug-likeness (QED) is 0.840. The van der Waals surface area contributed by atoms with Crippen LogP contribution in [0.2, 0.25) is 0 Å². The third kappa shape index (κ3) is 2.28. The molecule has 2 saturated heterocycles. The highest BCUT2D eigenvalue weighted by molar-refractivity contribution is 5.96. The Morgan fingerprint density at radius 3 is 2.59 bits per heavy atom. The summed E-state index contributed by atoms with van der Waals surface area (Å²) in [6.07, 6.45) is 3.40. The summed E-state index contributed by atoms with van der Waals surface area (Å²) in [7, 11) is 0. The number of hydrogen-bond donors (Lipinski definition) is 0. The van der Waals surface area contributed by atoms with E-state index in [0.717, 1.165) is 31.5 Å². The smallest absolute Gasteiger partial charge is 0.227 e. The highest BCUT2D eigenvalue weighted by Crippen LogP contribution is 2.43. The van der Waals surface area contributed by atoms with Crippen molar-refractivity contribution in [2.24, 2.45) is 11.3 Å². The average Bonchev–Trinajstić information content (AvgIpc) is 3.20. The summed E-state index contributed by atoms with van der Waals surface area (Å²) in [5.74, 6) is 0.282. The summed E-state index contributed by atoms with van der Waals surface area (Å²) in [5, 5.41) is 0. The molecule has 1 spiro atoms. The zero-order chi connectivity index (χ0) is 15.3. The third-order valence-corrected chi connectivity index (χ3v) is 5.14. The van der Waals surface area contributed by atoms with Gasteiger partial charge in [-0.3, -0.25) is 9.59 Å². The van der Waals surface area contributed by atoms with Gasteiger partial charge in [0, 0.05) is 43.1 Å². The summed E-state index contributed by atoms with van der Waals surface area (Å²) in [5.41, 5.74) is 0.631. The molecule has 1 atom stereocenters. The molecule has 0 N–H and O–H groups in total. The number of anilines is 1. The molecule has 22 heavy (non-hydrogen) atoms. The van der Waals surface area contributed by atoms with Crippen LogP contribution >= 0.6 is 0 Å². The Hall–Kier alpha value is -1.91. The summed E-state index contributed by atoms with van der Waals surface area (Å²) in [4.78, 5) is 28.3. The minimum absolute atomic E-state index is 0.0762. The van der Waals surface area contributed by atoms with Gasteiger partial charge in [0.25, 0.3) is 0 Å². The van der Waals surface area contributed by atoms with Crippen molar-refractivity contribution >= 4 is 17.5 Å². The maximum absolute atomic E-state index is 13.0. The molecule has 0 bridgehead atoms. The first-order chi connectivity index (χ1) is 10.6. The van der Waals surface area contributed by atoms with E-state index >= 15 is 0 Å². The van der Waals surface area contributed by atoms with Gasteiger partial charge in [-0.05, 0) is 43.5 Å². The number of likely N-dealkylation sites (tertiary alicyclic amines) is 1. The van der Waals surface area contributed by atoms with Crippen LogP contribution in [0, 0.1) is 17.2 Å². The zero-order valence-corrected chi connectivity index (χ0v) is 12.4. The van der Waals surface area contributed by atoms with Crippen molar-refractivity contribution in [1.82, 2.24) is 4.90 Å². The normalized spacial score (nSPS) is 28.0. The highest BCUT2D eigenvalue weighted by atomic mass is 19.1. The van der Waals surface area contributed by atoms with Crippen LogP contribution < -0.4 is 4.90 Å². The largest absolute Gasteiger partial charge is 0.342 e. The molecule has 116 valence electrons. The number of carbonyl (C=O) groups excluding carboxylic acids is 2. The number of carbonyl (C=O) groups is 2. The van der Waals surface area contributed by atoms with Gasteiger partial charge in [0.2, 0.25) is 11.8 Å². The van der Waals surface area contributed by atoms with Crippen molar-refractivity contribution in [3.05, 3.63) is 30.1 Å². The van der Waals surface area contributed by atoms with E-state index in [1.54, 1.807) is 17.0 Å². The van der Waals surface area contributed by atoms with Crippen molar-refractivity contribution in [3.8, 4) is 0 Å². The van der Waals surface area contributed by atoms with E-state index in [4.69, 9.17) is 0 Å². The maximum atomic E-state index is 13.0. The number of amides is 2. The number of nitrogens with zero attached hydrogens (tertiary/aromatic N) is 2. The van der Waals surface area contributed by atoms with Gasteiger partial charge in [-0.15, -0.1) is 0 Å². The first kappa shape index (κ1) is 13.7. The molecule has 1 aromatic carbocycles. The Morgan fingerprint density at radius 1 is 1.18 bits per heavy atom. The van der Waals surface area contributed by atoms with Gasteiger partial charge in [0.15, 0.2) is 0 Å². The lowest BCUT2D eigenvalue weighted by atomic mass is 9.86. The second-order valence-corrected chi connectivity index (χ2v) is 6.92. The fourth-order valence-electron chi connectivity index (χ4n) is 3.74. The Kier molecular flexibility index (Phi) is 2.99. The molecular formula is C17H19FN2O2. The summed E-state index contributed by atoms with van der Waals surface area (Å²) >= 11 is 0. The molecule has 0 aromatic heterocycles. The van der Waals surface area contributed by atoms with Crippen molar-refractivity contribution in [2.45, 2.75) is 25.7 Å². The first-order valence-electron chi connectivity index (χ1n) is 7.91. The van der Waals surface area contributed by atoms with Crippen molar-refractivity contribution in [1.29, 1.82) is 0 Å². The van der Waals surface area contributed by atoms with Gasteiger partial charge in [-0.2, -0.15) is 0 Å². The molecule has 0 unspecified atom stereocenters. The van der Waals surface area contributed by atoms with Crippen LogP contribution in [0.15, 0.2) is 24.3 Å². The minimum Gasteiger partial charge on any atom is -0.342 e. The van der Waals surface area contributed by atoms with Gasteiger partial charge in [-0.25, -0.2) is 4.39 Å². The molecule has 1 aromatic rings. The van der Waals surface area contributed by atoms with Crippen LogP contribution in [0.3, 0.4) is 0 Å². The molecule has 1 aliphatic carbocycles. The molecule has 3 fully saturated rings. The van der Waals surface area contributed by atoms with E-state index < -0.39 is 0 Å². The number of rotatable bonds is 2. The molecule has 0 radical (unpaired) electrons. The van der Waals surface area contributed by atoms with Crippen LogP contribution in [0.5, 0.6) is 0 Å². The summed E-state index contributed by atoms with van der Waals surface area (Å²) in [6.45, 7) is 2.08. The summed E-state index contributed by atoms with van der Waals surface area (Å²) in [6, 6.07) is 6.05. The average molecular weight is 302 g/mol. The predicted molar refractivity (Wildman–Crippen MR) is 79.7 cm³/mol. The SMILES string of the molecule is O=C(C1CC1)N1CC[C@@]2(CC(=O)N(c3ccc(F)cc3)C2)C1. The highest BCUT2D eigenvalue weighted by Gasteiger charge is 2.50. The standard InChI is InChI=1S/C17H19FN2O2/c18-13-3-5-14(6-4-13)20-11-17(9-15(20)21)7-8-19(10-17)16(22)12-1-2-12/h3-6,12H,1-2,7-11H2/t17-/m1/s1.